The summed E-state index contributed by atoms with van der Waals surface area (Å²) in [6.45, 7) is 5.55. The van der Waals surface area contributed by atoms with Crippen molar-refractivity contribution in [3.8, 4) is 0 Å². The molecule has 0 bridgehead atoms. The molecular formula is C24H30N4O6. The van der Waals surface area contributed by atoms with Gasteiger partial charge in [-0.2, -0.15) is 0 Å². The van der Waals surface area contributed by atoms with Crippen molar-refractivity contribution >= 4 is 34.7 Å². The van der Waals surface area contributed by atoms with Gasteiger partial charge in [0.15, 0.2) is 0 Å². The largest absolute Gasteiger partial charge is 0.465 e. The van der Waals surface area contributed by atoms with Crippen molar-refractivity contribution in [3.63, 3.8) is 0 Å². The van der Waals surface area contributed by atoms with Crippen molar-refractivity contribution in [1.29, 1.82) is 0 Å². The van der Waals surface area contributed by atoms with Crippen LogP contribution in [0.3, 0.4) is 0 Å². The van der Waals surface area contributed by atoms with Gasteiger partial charge in [-0.1, -0.05) is 32.0 Å². The molecular weight excluding hydrogens is 440 g/mol. The van der Waals surface area contributed by atoms with Crippen LogP contribution < -0.4 is 5.32 Å². The Balaban J connectivity index is 1.63. The van der Waals surface area contributed by atoms with Crippen LogP contribution in [0.2, 0.25) is 0 Å². The summed E-state index contributed by atoms with van der Waals surface area (Å²) in [5.41, 5.74) is 0.191. The monoisotopic (exact) mass is 470 g/mol. The molecule has 0 saturated carbocycles. The Kier molecular flexibility index (Phi) is 6.11. The van der Waals surface area contributed by atoms with E-state index in [4.69, 9.17) is 9.84 Å². The Bertz CT molecular complexity index is 1140. The van der Waals surface area contributed by atoms with Crippen LogP contribution in [0.15, 0.2) is 36.5 Å². The third-order valence-electron chi connectivity index (χ3n) is 6.95. The van der Waals surface area contributed by atoms with Gasteiger partial charge in [0.25, 0.3) is 5.91 Å². The molecule has 0 radical (unpaired) electrons. The van der Waals surface area contributed by atoms with E-state index in [1.54, 1.807) is 10.8 Å². The maximum Gasteiger partial charge on any atom is 0.407 e. The minimum absolute atomic E-state index is 0.227. The number of fused-ring (bicyclic) bond motifs is 2. The van der Waals surface area contributed by atoms with Gasteiger partial charge < -0.3 is 20.1 Å². The number of amides is 3. The molecule has 3 heterocycles. The average molecular weight is 471 g/mol. The quantitative estimate of drug-likeness (QED) is 0.706. The normalized spacial score (nSPS) is 24.9. The summed E-state index contributed by atoms with van der Waals surface area (Å²) in [5, 5.41) is 12.8. The number of aromatic nitrogens is 1. The van der Waals surface area contributed by atoms with Gasteiger partial charge in [0.2, 0.25) is 11.8 Å². The zero-order chi connectivity index (χ0) is 24.8. The highest BCUT2D eigenvalue weighted by Crippen LogP contribution is 2.43. The van der Waals surface area contributed by atoms with Gasteiger partial charge in [-0.15, -0.1) is 0 Å². The van der Waals surface area contributed by atoms with E-state index in [1.165, 1.54) is 18.9 Å². The van der Waals surface area contributed by atoms with Gasteiger partial charge >= 0.3 is 6.09 Å². The Morgan fingerprint density at radius 2 is 1.94 bits per heavy atom. The van der Waals surface area contributed by atoms with E-state index >= 15 is 0 Å². The van der Waals surface area contributed by atoms with E-state index in [9.17, 15) is 19.2 Å². The van der Waals surface area contributed by atoms with E-state index in [2.05, 4.69) is 5.32 Å². The van der Waals surface area contributed by atoms with Gasteiger partial charge in [0.1, 0.15) is 24.4 Å². The number of nitrogens with one attached hydrogen (secondary N) is 1. The first-order valence-electron chi connectivity index (χ1n) is 11.3. The first kappa shape index (κ1) is 23.7. The van der Waals surface area contributed by atoms with Gasteiger partial charge in [-0.3, -0.25) is 23.9 Å². The number of hydrogen-bond acceptors (Lipinski definition) is 5. The zero-order valence-electron chi connectivity index (χ0n) is 19.7. The fourth-order valence-corrected chi connectivity index (χ4v) is 4.86. The van der Waals surface area contributed by atoms with Gasteiger partial charge in [-0.25, -0.2) is 4.79 Å². The molecule has 2 N–H and O–H groups in total. The number of hydrogen-bond donors (Lipinski definition) is 2. The number of carboxylic acid groups (broad SMARTS) is 1. The summed E-state index contributed by atoms with van der Waals surface area (Å²) >= 11 is 0. The van der Waals surface area contributed by atoms with Crippen molar-refractivity contribution in [1.82, 2.24) is 19.7 Å². The molecule has 3 amide bonds. The molecule has 2 fully saturated rings. The van der Waals surface area contributed by atoms with Crippen LogP contribution in [-0.2, 0) is 14.3 Å². The molecule has 2 aliphatic heterocycles. The van der Waals surface area contributed by atoms with Crippen LogP contribution in [0.4, 0.5) is 4.79 Å². The van der Waals surface area contributed by atoms with E-state index in [1.807, 2.05) is 44.2 Å². The van der Waals surface area contributed by atoms with Crippen molar-refractivity contribution in [2.24, 2.45) is 5.41 Å². The summed E-state index contributed by atoms with van der Waals surface area (Å²) in [7, 11) is 1.29. The zero-order valence-corrected chi connectivity index (χ0v) is 19.7. The van der Waals surface area contributed by atoms with Crippen molar-refractivity contribution < 1.29 is 29.0 Å². The molecule has 0 spiro atoms. The van der Waals surface area contributed by atoms with E-state index in [-0.39, 0.29) is 18.9 Å². The smallest absolute Gasteiger partial charge is 0.407 e. The molecule has 1 unspecified atom stereocenters. The van der Waals surface area contributed by atoms with E-state index < -0.39 is 47.7 Å². The molecule has 4 atom stereocenters. The number of nitrogens with zero attached hydrogens (tertiary/aromatic N) is 3. The van der Waals surface area contributed by atoms with E-state index in [0.29, 0.717) is 6.42 Å². The molecule has 2 aromatic rings. The summed E-state index contributed by atoms with van der Waals surface area (Å²) in [6, 6.07) is 6.69. The number of para-hydroxylation sites is 1. The highest BCUT2D eigenvalue weighted by atomic mass is 16.5. The molecule has 182 valence electrons. The third-order valence-corrected chi connectivity index (χ3v) is 6.95. The maximum absolute atomic E-state index is 13.8. The summed E-state index contributed by atoms with van der Waals surface area (Å²) in [5.74, 6) is -1.22. The molecule has 2 aliphatic rings. The molecule has 2 saturated heterocycles. The molecule has 0 aliphatic carbocycles. The molecule has 10 heteroatoms. The molecule has 1 aromatic heterocycles. The number of carbonyl (C=O) groups is 4. The number of rotatable bonds is 4. The predicted octanol–water partition coefficient (Wildman–Crippen LogP) is 2.14. The van der Waals surface area contributed by atoms with Gasteiger partial charge in [0.05, 0.1) is 12.1 Å². The Hall–Kier alpha value is -3.40. The number of carbonyl (C=O) groups excluding carboxylic acids is 3. The van der Waals surface area contributed by atoms with Crippen LogP contribution in [0.1, 0.15) is 38.4 Å². The summed E-state index contributed by atoms with van der Waals surface area (Å²) in [6.07, 6.45) is 0.591. The standard InChI is InChI=1S/C24H30N4O6/c1-14(26(4)23(32)33)20(29)25-16-10-12-34-18-13-24(2,3)19(28(18)21(16)30)22(31)27-11-9-15-7-5-6-8-17(15)27/h5-9,11,14,16,18-19H,10,12-13H2,1-4H3,(H,25,29)(H,32,33)/t14?,16-,18-,19+/m0/s1. The lowest BCUT2D eigenvalue weighted by atomic mass is 9.83. The average Bonchev–Trinajstić information content (AvgIpc) is 3.30. The Morgan fingerprint density at radius 1 is 1.24 bits per heavy atom. The summed E-state index contributed by atoms with van der Waals surface area (Å²) < 4.78 is 7.53. The van der Waals surface area contributed by atoms with E-state index in [0.717, 1.165) is 15.8 Å². The second kappa shape index (κ2) is 8.75. The lowest BCUT2D eigenvalue weighted by Gasteiger charge is -2.34. The fourth-order valence-electron chi connectivity index (χ4n) is 4.86. The summed E-state index contributed by atoms with van der Waals surface area (Å²) in [4.78, 5) is 53.7. The first-order chi connectivity index (χ1) is 16.0. The second-order valence-corrected chi connectivity index (χ2v) is 9.67. The Labute approximate surface area is 197 Å². The molecule has 10 nitrogen and oxygen atoms in total. The van der Waals surface area contributed by atoms with Crippen molar-refractivity contribution in [2.45, 2.75) is 58.0 Å². The van der Waals surface area contributed by atoms with Crippen LogP contribution in [0.25, 0.3) is 10.9 Å². The topological polar surface area (TPSA) is 121 Å². The number of benzene rings is 1. The molecule has 1 aromatic carbocycles. The van der Waals surface area contributed by atoms with Crippen molar-refractivity contribution in [3.05, 3.63) is 36.5 Å². The highest BCUT2D eigenvalue weighted by molar-refractivity contribution is 5.99. The minimum atomic E-state index is -1.25. The van der Waals surface area contributed by atoms with Crippen molar-refractivity contribution in [2.75, 3.05) is 13.7 Å². The first-order valence-corrected chi connectivity index (χ1v) is 11.3. The SMILES string of the molecule is CC(C(=O)N[C@H]1CCO[C@H]2CC(C)(C)[C@@H](C(=O)n3ccc4ccccc43)N2C1=O)N(C)C(=O)O. The maximum atomic E-state index is 13.8. The van der Waals surface area contributed by atoms with Crippen LogP contribution >= 0.6 is 0 Å². The number of likely N-dealkylation sites (N-methyl/N-ethyl adjacent to an activating group) is 1. The van der Waals surface area contributed by atoms with Crippen LogP contribution in [0.5, 0.6) is 0 Å². The Morgan fingerprint density at radius 3 is 2.65 bits per heavy atom. The second-order valence-electron chi connectivity index (χ2n) is 9.67. The molecule has 4 rings (SSSR count). The van der Waals surface area contributed by atoms with Gasteiger partial charge in [-0.05, 0) is 30.9 Å². The van der Waals surface area contributed by atoms with Crippen LogP contribution in [0, 0.1) is 5.41 Å². The highest BCUT2D eigenvalue weighted by Gasteiger charge is 2.55. The lowest BCUT2D eigenvalue weighted by Crippen LogP contribution is -2.57. The van der Waals surface area contributed by atoms with Crippen LogP contribution in [-0.4, -0.2) is 81.3 Å². The third kappa shape index (κ3) is 4.02. The number of ether oxygens (including phenoxy) is 1. The predicted molar refractivity (Wildman–Crippen MR) is 123 cm³/mol. The fraction of sp³-hybridized carbons (Fsp3) is 0.500. The molecule has 34 heavy (non-hydrogen) atoms. The van der Waals surface area contributed by atoms with Gasteiger partial charge in [0, 0.05) is 25.1 Å². The minimum Gasteiger partial charge on any atom is -0.465 e. The lowest BCUT2D eigenvalue weighted by molar-refractivity contribution is -0.143.